The molecule has 0 unspecified atom stereocenters. The molecule has 0 heterocycles. The van der Waals surface area contributed by atoms with E-state index in [0.29, 0.717) is 11.3 Å². The number of hydrogen-bond acceptors (Lipinski definition) is 3. The van der Waals surface area contributed by atoms with Gasteiger partial charge in [-0.15, -0.1) is 0 Å². The van der Waals surface area contributed by atoms with Crippen molar-refractivity contribution in [2.45, 2.75) is 12.6 Å². The van der Waals surface area contributed by atoms with E-state index in [2.05, 4.69) is 0 Å². The van der Waals surface area contributed by atoms with Crippen molar-refractivity contribution in [1.82, 2.24) is 0 Å². The lowest BCUT2D eigenvalue weighted by Crippen LogP contribution is -2.14. The summed E-state index contributed by atoms with van der Waals surface area (Å²) >= 11 is 0. The van der Waals surface area contributed by atoms with Gasteiger partial charge in [0.2, 0.25) is 0 Å². The second kappa shape index (κ2) is 6.87. The van der Waals surface area contributed by atoms with Gasteiger partial charge in [0.05, 0.1) is 31.3 Å². The molecule has 0 radical (unpaired) electrons. The summed E-state index contributed by atoms with van der Waals surface area (Å²) in [6.45, 7) is -0.0972. The fraction of sp³-hybridized carbons (Fsp3) is 0.417. The summed E-state index contributed by atoms with van der Waals surface area (Å²) in [4.78, 5) is 0. The molecule has 18 heavy (non-hydrogen) atoms. The molecule has 1 aromatic rings. The highest BCUT2D eigenvalue weighted by Gasteiger charge is 2.26. The third kappa shape index (κ3) is 6.11. The second-order valence-corrected chi connectivity index (χ2v) is 3.46. The van der Waals surface area contributed by atoms with Crippen molar-refractivity contribution < 1.29 is 22.6 Å². The van der Waals surface area contributed by atoms with Gasteiger partial charge in [0.15, 0.2) is 0 Å². The van der Waals surface area contributed by atoms with Crippen molar-refractivity contribution in [3.8, 4) is 11.8 Å². The van der Waals surface area contributed by atoms with E-state index >= 15 is 0 Å². The Morgan fingerprint density at radius 2 is 1.72 bits per heavy atom. The zero-order valence-electron chi connectivity index (χ0n) is 9.54. The van der Waals surface area contributed by atoms with Crippen molar-refractivity contribution in [2.75, 3.05) is 19.8 Å². The second-order valence-electron chi connectivity index (χ2n) is 3.46. The summed E-state index contributed by atoms with van der Waals surface area (Å²) in [5.41, 5.74) is 0.517. The maximum atomic E-state index is 11.8. The number of nitrogens with zero attached hydrogens (tertiary/aromatic N) is 1. The molecule has 0 aliphatic heterocycles. The van der Waals surface area contributed by atoms with E-state index in [9.17, 15) is 13.2 Å². The zero-order valence-corrected chi connectivity index (χ0v) is 9.54. The Kier molecular flexibility index (Phi) is 5.46. The lowest BCUT2D eigenvalue weighted by molar-refractivity contribution is -0.145. The number of rotatable bonds is 6. The number of alkyl halides is 3. The van der Waals surface area contributed by atoms with Gasteiger partial charge in [-0.2, -0.15) is 18.4 Å². The van der Waals surface area contributed by atoms with E-state index in [4.69, 9.17) is 14.7 Å². The van der Waals surface area contributed by atoms with Gasteiger partial charge in [0.1, 0.15) is 12.4 Å². The monoisotopic (exact) mass is 259 g/mol. The zero-order chi connectivity index (χ0) is 13.4. The van der Waals surface area contributed by atoms with E-state index < -0.39 is 12.6 Å². The predicted molar refractivity (Wildman–Crippen MR) is 58.1 cm³/mol. The highest BCUT2D eigenvalue weighted by molar-refractivity contribution is 5.34. The maximum absolute atomic E-state index is 11.8. The van der Waals surface area contributed by atoms with E-state index in [0.717, 1.165) is 0 Å². The van der Waals surface area contributed by atoms with E-state index in [-0.39, 0.29) is 19.8 Å². The number of ether oxygens (including phenoxy) is 2. The largest absolute Gasteiger partial charge is 0.491 e. The Bertz CT molecular complexity index is 395. The molecular weight excluding hydrogens is 247 g/mol. The Morgan fingerprint density at radius 1 is 1.06 bits per heavy atom. The van der Waals surface area contributed by atoms with Crippen LogP contribution in [0.15, 0.2) is 24.3 Å². The van der Waals surface area contributed by atoms with E-state index in [1.165, 1.54) is 0 Å². The Balaban J connectivity index is 2.12. The molecule has 3 nitrogen and oxygen atoms in total. The van der Waals surface area contributed by atoms with Crippen LogP contribution >= 0.6 is 0 Å². The van der Waals surface area contributed by atoms with Crippen LogP contribution in [0.25, 0.3) is 0 Å². The fourth-order valence-electron chi connectivity index (χ4n) is 1.13. The molecule has 0 aliphatic carbocycles. The molecule has 0 aromatic heterocycles. The predicted octanol–water partition coefficient (Wildman–Crippen LogP) is 2.91. The van der Waals surface area contributed by atoms with E-state index in [1.807, 2.05) is 6.07 Å². The lowest BCUT2D eigenvalue weighted by Gasteiger charge is -2.08. The van der Waals surface area contributed by atoms with Crippen LogP contribution in [0.5, 0.6) is 5.75 Å². The first-order valence-corrected chi connectivity index (χ1v) is 5.29. The van der Waals surface area contributed by atoms with Crippen LogP contribution in [0.2, 0.25) is 0 Å². The Hall–Kier alpha value is -1.74. The van der Waals surface area contributed by atoms with Crippen molar-refractivity contribution in [1.29, 1.82) is 5.26 Å². The lowest BCUT2D eigenvalue weighted by atomic mass is 10.2. The molecule has 0 bridgehead atoms. The van der Waals surface area contributed by atoms with Gasteiger partial charge < -0.3 is 9.47 Å². The smallest absolute Gasteiger partial charge is 0.391 e. The van der Waals surface area contributed by atoms with Crippen LogP contribution in [-0.2, 0) is 4.74 Å². The number of nitriles is 1. The van der Waals surface area contributed by atoms with Crippen LogP contribution in [-0.4, -0.2) is 26.0 Å². The average Bonchev–Trinajstić information content (AvgIpc) is 2.33. The molecule has 0 atom stereocenters. The molecule has 0 fully saturated rings. The topological polar surface area (TPSA) is 42.2 Å². The van der Waals surface area contributed by atoms with Crippen LogP contribution in [0.4, 0.5) is 13.2 Å². The Labute approximate surface area is 103 Å². The molecular formula is C12H12F3NO2. The van der Waals surface area contributed by atoms with Crippen LogP contribution < -0.4 is 4.74 Å². The summed E-state index contributed by atoms with van der Waals surface area (Å²) < 4.78 is 45.3. The minimum atomic E-state index is -4.19. The molecule has 1 aromatic carbocycles. The molecule has 0 spiro atoms. The summed E-state index contributed by atoms with van der Waals surface area (Å²) in [5, 5.41) is 8.56. The third-order valence-corrected chi connectivity index (χ3v) is 2.01. The molecule has 0 aliphatic rings. The minimum Gasteiger partial charge on any atom is -0.491 e. The summed E-state index contributed by atoms with van der Waals surface area (Å²) in [6.07, 6.45) is -5.14. The van der Waals surface area contributed by atoms with Gasteiger partial charge in [0, 0.05) is 0 Å². The van der Waals surface area contributed by atoms with E-state index in [1.54, 1.807) is 24.3 Å². The minimum absolute atomic E-state index is 0.0933. The summed E-state index contributed by atoms with van der Waals surface area (Å²) in [7, 11) is 0. The van der Waals surface area contributed by atoms with Gasteiger partial charge >= 0.3 is 6.18 Å². The first-order chi connectivity index (χ1) is 8.51. The first-order valence-electron chi connectivity index (χ1n) is 5.29. The van der Waals surface area contributed by atoms with Gasteiger partial charge in [-0.3, -0.25) is 0 Å². The number of hydrogen-bond donors (Lipinski definition) is 0. The van der Waals surface area contributed by atoms with Crippen molar-refractivity contribution >= 4 is 0 Å². The average molecular weight is 259 g/mol. The van der Waals surface area contributed by atoms with Gasteiger partial charge in [-0.1, -0.05) is 0 Å². The number of benzene rings is 1. The summed E-state index contributed by atoms with van der Waals surface area (Å²) in [6, 6.07) is 8.40. The SMILES string of the molecule is N#Cc1ccc(OCCOCCC(F)(F)F)cc1. The molecule has 0 amide bonds. The highest BCUT2D eigenvalue weighted by atomic mass is 19.4. The maximum Gasteiger partial charge on any atom is 0.391 e. The standard InChI is InChI=1S/C12H12F3NO2/c13-12(14,15)5-6-17-7-8-18-11-3-1-10(9-16)2-4-11/h1-4H,5-8H2. The fourth-order valence-corrected chi connectivity index (χ4v) is 1.13. The number of halogens is 3. The molecule has 0 saturated heterocycles. The van der Waals surface area contributed by atoms with Crippen LogP contribution in [0, 0.1) is 11.3 Å². The van der Waals surface area contributed by atoms with Crippen molar-refractivity contribution in [2.24, 2.45) is 0 Å². The quantitative estimate of drug-likeness (QED) is 0.738. The van der Waals surface area contributed by atoms with Crippen molar-refractivity contribution in [3.05, 3.63) is 29.8 Å². The van der Waals surface area contributed by atoms with Crippen LogP contribution in [0.1, 0.15) is 12.0 Å². The van der Waals surface area contributed by atoms with Crippen LogP contribution in [0.3, 0.4) is 0 Å². The van der Waals surface area contributed by atoms with Gasteiger partial charge in [-0.25, -0.2) is 0 Å². The highest BCUT2D eigenvalue weighted by Crippen LogP contribution is 2.18. The first kappa shape index (κ1) is 14.3. The molecule has 6 heteroatoms. The normalized spacial score (nSPS) is 11.0. The summed E-state index contributed by atoms with van der Waals surface area (Å²) in [5.74, 6) is 0.549. The van der Waals surface area contributed by atoms with Gasteiger partial charge in [0.25, 0.3) is 0 Å². The molecule has 0 saturated carbocycles. The molecule has 0 N–H and O–H groups in total. The molecule has 98 valence electrons. The van der Waals surface area contributed by atoms with Gasteiger partial charge in [-0.05, 0) is 24.3 Å². The Morgan fingerprint density at radius 3 is 2.28 bits per heavy atom. The van der Waals surface area contributed by atoms with Crippen molar-refractivity contribution in [3.63, 3.8) is 0 Å². The third-order valence-electron chi connectivity index (χ3n) is 2.01. The molecule has 1 rings (SSSR count).